The Bertz CT molecular complexity index is 938. The van der Waals surface area contributed by atoms with Crippen molar-refractivity contribution >= 4 is 23.2 Å². The Morgan fingerprint density at radius 1 is 0.857 bits per heavy atom. The van der Waals surface area contributed by atoms with Crippen LogP contribution in [-0.2, 0) is 9.59 Å². The van der Waals surface area contributed by atoms with E-state index in [0.717, 1.165) is 0 Å². The molecule has 1 aliphatic carbocycles. The van der Waals surface area contributed by atoms with Gasteiger partial charge in [0.25, 0.3) is 0 Å². The molecule has 0 bridgehead atoms. The van der Waals surface area contributed by atoms with Gasteiger partial charge in [-0.05, 0) is 37.1 Å². The number of rotatable bonds is 6. The van der Waals surface area contributed by atoms with Crippen LogP contribution in [0.1, 0.15) is 12.8 Å². The van der Waals surface area contributed by atoms with E-state index >= 15 is 0 Å². The van der Waals surface area contributed by atoms with Gasteiger partial charge < -0.3 is 29.6 Å². The summed E-state index contributed by atoms with van der Waals surface area (Å²) in [6.07, 6.45) is 0.977. The van der Waals surface area contributed by atoms with Crippen molar-refractivity contribution in [1.29, 1.82) is 0 Å². The molecule has 8 heteroatoms. The third-order valence-corrected chi connectivity index (χ3v) is 4.89. The third kappa shape index (κ3) is 3.17. The highest BCUT2D eigenvalue weighted by molar-refractivity contribution is 6.17. The summed E-state index contributed by atoms with van der Waals surface area (Å²) in [6, 6.07) is 10.2. The summed E-state index contributed by atoms with van der Waals surface area (Å²) in [7, 11) is 3.06. The van der Waals surface area contributed by atoms with Crippen molar-refractivity contribution in [2.75, 3.05) is 31.6 Å². The van der Waals surface area contributed by atoms with E-state index in [2.05, 4.69) is 10.6 Å². The molecule has 2 N–H and O–H groups in total. The van der Waals surface area contributed by atoms with Crippen LogP contribution >= 0.6 is 0 Å². The van der Waals surface area contributed by atoms with Crippen LogP contribution in [0, 0.1) is 5.41 Å². The number of carbonyl (C=O) groups excluding carboxylic acids is 2. The molecule has 0 unspecified atom stereocenters. The minimum absolute atomic E-state index is 0.157. The van der Waals surface area contributed by atoms with Crippen molar-refractivity contribution in [1.82, 2.24) is 0 Å². The lowest BCUT2D eigenvalue weighted by Crippen LogP contribution is -2.35. The number of nitrogens with one attached hydrogen (secondary N) is 2. The van der Waals surface area contributed by atoms with E-state index in [-0.39, 0.29) is 18.6 Å². The minimum Gasteiger partial charge on any atom is -0.493 e. The lowest BCUT2D eigenvalue weighted by atomic mass is 10.0. The number of fused-ring (bicyclic) bond motifs is 1. The number of amides is 2. The summed E-state index contributed by atoms with van der Waals surface area (Å²) in [4.78, 5) is 25.5. The molecule has 1 saturated carbocycles. The number of hydrogen-bond donors (Lipinski definition) is 2. The van der Waals surface area contributed by atoms with E-state index in [1.807, 2.05) is 0 Å². The molecule has 0 atom stereocenters. The fraction of sp³-hybridized carbons (Fsp3) is 0.300. The maximum absolute atomic E-state index is 12.8. The SMILES string of the molecule is COc1ccc(NC(=O)C2(C(=O)Nc3ccc4c(c3)OCO4)CC2)cc1OC. The number of methoxy groups -OCH3 is 2. The maximum Gasteiger partial charge on any atom is 0.240 e. The van der Waals surface area contributed by atoms with Gasteiger partial charge in [0.15, 0.2) is 23.0 Å². The van der Waals surface area contributed by atoms with Crippen LogP contribution in [0.25, 0.3) is 0 Å². The van der Waals surface area contributed by atoms with Crippen LogP contribution < -0.4 is 29.6 Å². The molecule has 0 saturated heterocycles. The zero-order valence-electron chi connectivity index (χ0n) is 15.5. The zero-order valence-corrected chi connectivity index (χ0v) is 15.5. The van der Waals surface area contributed by atoms with Crippen molar-refractivity contribution in [2.45, 2.75) is 12.8 Å². The van der Waals surface area contributed by atoms with Gasteiger partial charge in [-0.15, -0.1) is 0 Å². The Kier molecular flexibility index (Phi) is 4.46. The average Bonchev–Trinajstić information content (AvgIpc) is 3.40. The molecule has 0 radical (unpaired) electrons. The van der Waals surface area contributed by atoms with Crippen LogP contribution in [0.4, 0.5) is 11.4 Å². The van der Waals surface area contributed by atoms with E-state index in [0.29, 0.717) is 47.2 Å². The summed E-state index contributed by atoms with van der Waals surface area (Å²) >= 11 is 0. The van der Waals surface area contributed by atoms with Gasteiger partial charge in [0.1, 0.15) is 5.41 Å². The first kappa shape index (κ1) is 18.0. The Morgan fingerprint density at radius 2 is 1.46 bits per heavy atom. The topological polar surface area (TPSA) is 95.1 Å². The first-order valence-electron chi connectivity index (χ1n) is 8.80. The van der Waals surface area contributed by atoms with Crippen molar-refractivity contribution < 1.29 is 28.5 Å². The van der Waals surface area contributed by atoms with Gasteiger partial charge >= 0.3 is 0 Å². The Balaban J connectivity index is 1.46. The lowest BCUT2D eigenvalue weighted by molar-refractivity contribution is -0.131. The second-order valence-electron chi connectivity index (χ2n) is 6.63. The van der Waals surface area contributed by atoms with Gasteiger partial charge in [0.2, 0.25) is 18.6 Å². The van der Waals surface area contributed by atoms with Gasteiger partial charge in [-0.2, -0.15) is 0 Å². The fourth-order valence-corrected chi connectivity index (χ4v) is 3.07. The monoisotopic (exact) mass is 384 g/mol. The average molecular weight is 384 g/mol. The molecular weight excluding hydrogens is 364 g/mol. The molecule has 1 heterocycles. The molecule has 1 fully saturated rings. The first-order chi connectivity index (χ1) is 13.6. The molecular formula is C20H20N2O6. The number of benzene rings is 2. The number of carbonyl (C=O) groups is 2. The summed E-state index contributed by atoms with van der Waals surface area (Å²) in [5.41, 5.74) is 0.00744. The van der Waals surface area contributed by atoms with E-state index in [4.69, 9.17) is 18.9 Å². The smallest absolute Gasteiger partial charge is 0.240 e. The maximum atomic E-state index is 12.8. The van der Waals surface area contributed by atoms with E-state index in [1.165, 1.54) is 14.2 Å². The molecule has 8 nitrogen and oxygen atoms in total. The molecule has 28 heavy (non-hydrogen) atoms. The second-order valence-corrected chi connectivity index (χ2v) is 6.63. The predicted molar refractivity (Wildman–Crippen MR) is 101 cm³/mol. The van der Waals surface area contributed by atoms with Crippen molar-refractivity contribution in [3.8, 4) is 23.0 Å². The molecule has 0 aromatic heterocycles. The van der Waals surface area contributed by atoms with Crippen LogP contribution in [0.2, 0.25) is 0 Å². The van der Waals surface area contributed by atoms with E-state index in [9.17, 15) is 9.59 Å². The molecule has 1 aliphatic heterocycles. The number of hydrogen-bond acceptors (Lipinski definition) is 6. The predicted octanol–water partition coefficient (Wildman–Crippen LogP) is 2.79. The summed E-state index contributed by atoms with van der Waals surface area (Å²) in [6.45, 7) is 0.157. The van der Waals surface area contributed by atoms with Gasteiger partial charge in [0, 0.05) is 23.5 Å². The molecule has 2 aromatic rings. The molecule has 2 amide bonds. The normalized spacial score (nSPS) is 15.5. The highest BCUT2D eigenvalue weighted by Gasteiger charge is 2.56. The van der Waals surface area contributed by atoms with Crippen molar-refractivity contribution in [3.63, 3.8) is 0 Å². The Hall–Kier alpha value is -3.42. The molecule has 4 rings (SSSR count). The Labute approximate surface area is 161 Å². The standard InChI is InChI=1S/C20H20N2O6/c1-25-14-5-3-12(9-16(14)26-2)21-18(23)20(7-8-20)19(24)22-13-4-6-15-17(10-13)28-11-27-15/h3-6,9-10H,7-8,11H2,1-2H3,(H,21,23)(H,22,24). The van der Waals surface area contributed by atoms with E-state index in [1.54, 1.807) is 36.4 Å². The molecule has 2 aromatic carbocycles. The number of ether oxygens (including phenoxy) is 4. The summed E-state index contributed by atoms with van der Waals surface area (Å²) in [5.74, 6) is 1.56. The van der Waals surface area contributed by atoms with Crippen molar-refractivity contribution in [2.24, 2.45) is 5.41 Å². The van der Waals surface area contributed by atoms with Gasteiger partial charge in [0.05, 0.1) is 14.2 Å². The third-order valence-electron chi connectivity index (χ3n) is 4.89. The fourth-order valence-electron chi connectivity index (χ4n) is 3.07. The molecule has 2 aliphatic rings. The summed E-state index contributed by atoms with van der Waals surface area (Å²) < 4.78 is 21.0. The molecule has 0 spiro atoms. The van der Waals surface area contributed by atoms with Crippen LogP contribution in [0.15, 0.2) is 36.4 Å². The second kappa shape index (κ2) is 6.95. The quantitative estimate of drug-likeness (QED) is 0.744. The highest BCUT2D eigenvalue weighted by atomic mass is 16.7. The Morgan fingerprint density at radius 3 is 2.11 bits per heavy atom. The van der Waals surface area contributed by atoms with Crippen LogP contribution in [0.3, 0.4) is 0 Å². The van der Waals surface area contributed by atoms with Gasteiger partial charge in [-0.25, -0.2) is 0 Å². The lowest BCUT2D eigenvalue weighted by Gasteiger charge is -2.16. The largest absolute Gasteiger partial charge is 0.493 e. The number of anilines is 2. The van der Waals surface area contributed by atoms with Crippen LogP contribution in [0.5, 0.6) is 23.0 Å². The van der Waals surface area contributed by atoms with E-state index < -0.39 is 5.41 Å². The van der Waals surface area contributed by atoms with Gasteiger partial charge in [-0.3, -0.25) is 9.59 Å². The summed E-state index contributed by atoms with van der Waals surface area (Å²) in [5, 5.41) is 5.60. The van der Waals surface area contributed by atoms with Gasteiger partial charge in [-0.1, -0.05) is 0 Å². The molecule has 146 valence electrons. The van der Waals surface area contributed by atoms with Crippen LogP contribution in [-0.4, -0.2) is 32.8 Å². The first-order valence-corrected chi connectivity index (χ1v) is 8.80. The zero-order chi connectivity index (χ0) is 19.7. The minimum atomic E-state index is -1.08. The highest BCUT2D eigenvalue weighted by Crippen LogP contribution is 2.48. The van der Waals surface area contributed by atoms with Crippen molar-refractivity contribution in [3.05, 3.63) is 36.4 Å².